The van der Waals surface area contributed by atoms with Gasteiger partial charge in [-0.25, -0.2) is 4.98 Å². The van der Waals surface area contributed by atoms with E-state index < -0.39 is 6.36 Å². The van der Waals surface area contributed by atoms with Crippen molar-refractivity contribution in [2.45, 2.75) is 25.8 Å². The van der Waals surface area contributed by atoms with E-state index in [0.717, 1.165) is 72.8 Å². The molecule has 7 nitrogen and oxygen atoms in total. The minimum absolute atomic E-state index is 0.227. The highest BCUT2D eigenvalue weighted by Gasteiger charge is 2.31. The summed E-state index contributed by atoms with van der Waals surface area (Å²) in [6, 6.07) is 11.5. The minimum atomic E-state index is -4.71. The lowest BCUT2D eigenvalue weighted by molar-refractivity contribution is -0.274. The van der Waals surface area contributed by atoms with E-state index in [1.807, 2.05) is 18.2 Å². The largest absolute Gasteiger partial charge is 0.573 e. The fourth-order valence-electron chi connectivity index (χ4n) is 4.53. The van der Waals surface area contributed by atoms with Gasteiger partial charge in [0.1, 0.15) is 23.9 Å². The van der Waals surface area contributed by atoms with Crippen molar-refractivity contribution in [3.63, 3.8) is 0 Å². The molecule has 0 atom stereocenters. The van der Waals surface area contributed by atoms with Gasteiger partial charge in [0.25, 0.3) is 0 Å². The Morgan fingerprint density at radius 1 is 0.943 bits per heavy atom. The zero-order valence-electron chi connectivity index (χ0n) is 19.3. The number of benzene rings is 2. The summed E-state index contributed by atoms with van der Waals surface area (Å²) in [4.78, 5) is 13.8. The number of likely N-dealkylation sites (N-methyl/N-ethyl adjacent to an activating group) is 1. The number of aromatic nitrogens is 2. The molecule has 2 aliphatic rings. The molecule has 1 fully saturated rings. The number of aryl methyl sites for hydroxylation is 1. The van der Waals surface area contributed by atoms with Crippen LogP contribution in [0.5, 0.6) is 11.5 Å². The first-order chi connectivity index (χ1) is 16.7. The monoisotopic (exact) mass is 485 g/mol. The molecule has 35 heavy (non-hydrogen) atoms. The number of hydrogen-bond donors (Lipinski definition) is 1. The number of ether oxygens (including phenoxy) is 2. The average molecular weight is 486 g/mol. The Hall–Kier alpha value is -3.53. The first-order valence-electron chi connectivity index (χ1n) is 11.5. The average Bonchev–Trinajstić information content (AvgIpc) is 2.82. The molecular formula is C25H26F3N5O2. The van der Waals surface area contributed by atoms with Crippen LogP contribution in [0.3, 0.4) is 0 Å². The van der Waals surface area contributed by atoms with Gasteiger partial charge in [-0.05, 0) is 61.3 Å². The summed E-state index contributed by atoms with van der Waals surface area (Å²) in [6.07, 6.45) is -3.06. The van der Waals surface area contributed by atoms with Gasteiger partial charge in [0.05, 0.1) is 5.69 Å². The van der Waals surface area contributed by atoms with E-state index >= 15 is 0 Å². The number of anilines is 2. The Balaban J connectivity index is 1.32. The van der Waals surface area contributed by atoms with Crippen LogP contribution in [0.25, 0.3) is 11.3 Å². The number of halogens is 3. The number of piperazine rings is 1. The quantitative estimate of drug-likeness (QED) is 0.584. The van der Waals surface area contributed by atoms with Crippen molar-refractivity contribution in [2.24, 2.45) is 0 Å². The smallest absolute Gasteiger partial charge is 0.489 e. The second kappa shape index (κ2) is 9.26. The summed E-state index contributed by atoms with van der Waals surface area (Å²) >= 11 is 0. The normalized spacial score (nSPS) is 15.9. The van der Waals surface area contributed by atoms with Crippen LogP contribution in [-0.4, -0.2) is 54.5 Å². The van der Waals surface area contributed by atoms with Crippen LogP contribution in [0, 0.1) is 0 Å². The number of hydrogen-bond acceptors (Lipinski definition) is 7. The van der Waals surface area contributed by atoms with Crippen LogP contribution >= 0.6 is 0 Å². The molecule has 0 unspecified atom stereocenters. The maximum Gasteiger partial charge on any atom is 0.573 e. The zero-order chi connectivity index (χ0) is 24.6. The molecule has 1 aromatic heterocycles. The highest BCUT2D eigenvalue weighted by molar-refractivity contribution is 5.76. The number of alkyl halides is 3. The molecule has 2 aromatic carbocycles. The molecule has 5 rings (SSSR count). The first kappa shape index (κ1) is 23.2. The molecule has 1 saturated heterocycles. The van der Waals surface area contributed by atoms with E-state index in [9.17, 15) is 13.2 Å². The summed E-state index contributed by atoms with van der Waals surface area (Å²) < 4.78 is 46.8. The molecule has 1 aliphatic heterocycles. The Bertz CT molecular complexity index is 1210. The molecule has 3 aromatic rings. The lowest BCUT2D eigenvalue weighted by atomic mass is 9.88. The van der Waals surface area contributed by atoms with Crippen molar-refractivity contribution in [3.05, 3.63) is 59.2 Å². The van der Waals surface area contributed by atoms with Gasteiger partial charge in [-0.1, -0.05) is 12.1 Å². The summed E-state index contributed by atoms with van der Waals surface area (Å²) in [5, 5.41) is 0. The van der Waals surface area contributed by atoms with Gasteiger partial charge in [0, 0.05) is 37.3 Å². The molecule has 2 heterocycles. The Labute approximate surface area is 201 Å². The van der Waals surface area contributed by atoms with Gasteiger partial charge in [0.2, 0.25) is 5.95 Å². The second-order valence-corrected chi connectivity index (χ2v) is 8.82. The third-order valence-corrected chi connectivity index (χ3v) is 6.34. The van der Waals surface area contributed by atoms with E-state index in [1.54, 1.807) is 12.1 Å². The highest BCUT2D eigenvalue weighted by atomic mass is 19.4. The molecular weight excluding hydrogens is 459 g/mol. The van der Waals surface area contributed by atoms with Crippen LogP contribution in [0.4, 0.5) is 24.9 Å². The van der Waals surface area contributed by atoms with E-state index in [-0.39, 0.29) is 18.3 Å². The fraction of sp³-hybridized carbons (Fsp3) is 0.360. The van der Waals surface area contributed by atoms with Gasteiger partial charge in [-0.2, -0.15) is 4.98 Å². The fourth-order valence-corrected chi connectivity index (χ4v) is 4.53. The third kappa shape index (κ3) is 5.27. The van der Waals surface area contributed by atoms with Crippen LogP contribution < -0.4 is 20.1 Å². The number of nitrogen functional groups attached to an aromatic ring is 1. The van der Waals surface area contributed by atoms with Crippen molar-refractivity contribution in [1.29, 1.82) is 0 Å². The predicted octanol–water partition coefficient (Wildman–Crippen LogP) is 4.05. The molecule has 10 heteroatoms. The van der Waals surface area contributed by atoms with Crippen LogP contribution in [0.1, 0.15) is 16.7 Å². The van der Waals surface area contributed by atoms with Crippen LogP contribution in [0.2, 0.25) is 0 Å². The molecule has 0 spiro atoms. The maximum absolute atomic E-state index is 12.3. The van der Waals surface area contributed by atoms with Crippen molar-refractivity contribution >= 4 is 11.8 Å². The summed E-state index contributed by atoms with van der Waals surface area (Å²) in [5.74, 6) is 1.63. The molecule has 1 aliphatic carbocycles. The van der Waals surface area contributed by atoms with Crippen LogP contribution in [-0.2, 0) is 19.4 Å². The molecule has 0 saturated carbocycles. The summed E-state index contributed by atoms with van der Waals surface area (Å²) in [6.45, 7) is 4.00. The molecule has 0 radical (unpaired) electrons. The Morgan fingerprint density at radius 3 is 2.37 bits per heavy atom. The molecule has 0 bridgehead atoms. The van der Waals surface area contributed by atoms with Crippen LogP contribution in [0.15, 0.2) is 42.5 Å². The second-order valence-electron chi connectivity index (χ2n) is 8.82. The number of fused-ring (bicyclic) bond motifs is 3. The molecule has 2 N–H and O–H groups in total. The summed E-state index contributed by atoms with van der Waals surface area (Å²) in [7, 11) is 2.12. The first-order valence-corrected chi connectivity index (χ1v) is 11.5. The van der Waals surface area contributed by atoms with Gasteiger partial charge >= 0.3 is 6.36 Å². The van der Waals surface area contributed by atoms with Gasteiger partial charge in [-0.15, -0.1) is 13.2 Å². The molecule has 0 amide bonds. The minimum Gasteiger partial charge on any atom is -0.489 e. The third-order valence-electron chi connectivity index (χ3n) is 6.34. The molecule has 184 valence electrons. The highest BCUT2D eigenvalue weighted by Crippen LogP contribution is 2.38. The van der Waals surface area contributed by atoms with E-state index in [2.05, 4.69) is 31.6 Å². The van der Waals surface area contributed by atoms with E-state index in [1.165, 1.54) is 12.1 Å². The van der Waals surface area contributed by atoms with E-state index in [0.29, 0.717) is 5.75 Å². The lowest BCUT2D eigenvalue weighted by Crippen LogP contribution is -2.45. The van der Waals surface area contributed by atoms with Gasteiger partial charge in [0.15, 0.2) is 0 Å². The van der Waals surface area contributed by atoms with Gasteiger partial charge < -0.3 is 25.0 Å². The topological polar surface area (TPSA) is 76.7 Å². The number of nitrogens with zero attached hydrogens (tertiary/aromatic N) is 4. The maximum atomic E-state index is 12.3. The van der Waals surface area contributed by atoms with Crippen molar-refractivity contribution < 1.29 is 22.6 Å². The zero-order valence-corrected chi connectivity index (χ0v) is 19.3. The van der Waals surface area contributed by atoms with E-state index in [4.69, 9.17) is 10.5 Å². The lowest BCUT2D eigenvalue weighted by Gasteiger charge is -2.35. The summed E-state index contributed by atoms with van der Waals surface area (Å²) in [5.41, 5.74) is 11.0. The van der Waals surface area contributed by atoms with Crippen molar-refractivity contribution in [3.8, 4) is 22.8 Å². The number of rotatable bonds is 5. The Kier molecular flexibility index (Phi) is 6.14. The SMILES string of the molecule is CN1CCN(c2nc(N)nc3c2CCc2cc(OCc4ccc(OC(F)(F)F)cc4)ccc2-3)CC1. The predicted molar refractivity (Wildman–Crippen MR) is 126 cm³/mol. The Morgan fingerprint density at radius 2 is 1.66 bits per heavy atom. The standard InChI is InChI=1S/C25H26F3N5O2/c1-32-10-12-33(13-11-32)23-21-8-4-17-14-19(7-9-20(17)22(21)30-24(29)31-23)34-15-16-2-5-18(6-3-16)35-25(26,27)28/h2-3,5-7,9,14H,4,8,10-13,15H2,1H3,(H2,29,30,31). The van der Waals surface area contributed by atoms with Gasteiger partial charge in [-0.3, -0.25) is 0 Å². The van der Waals surface area contributed by atoms with Crippen molar-refractivity contribution in [2.75, 3.05) is 43.9 Å². The van der Waals surface area contributed by atoms with Crippen molar-refractivity contribution in [1.82, 2.24) is 14.9 Å². The number of nitrogens with two attached hydrogens (primary N) is 1.